The van der Waals surface area contributed by atoms with Crippen LogP contribution < -0.4 is 5.32 Å². The Morgan fingerprint density at radius 2 is 2.00 bits per heavy atom. The summed E-state index contributed by atoms with van der Waals surface area (Å²) in [6, 6.07) is 11.1. The Kier molecular flexibility index (Phi) is 3.73. The van der Waals surface area contributed by atoms with Gasteiger partial charge < -0.3 is 9.88 Å². The average molecular weight is 310 g/mol. The zero-order chi connectivity index (χ0) is 16.6. The van der Waals surface area contributed by atoms with Crippen molar-refractivity contribution < 1.29 is 4.92 Å². The van der Waals surface area contributed by atoms with Crippen molar-refractivity contribution in [2.75, 3.05) is 5.32 Å². The number of hydrogen-bond acceptors (Lipinski definition) is 4. The number of anilines is 1. The molecule has 0 saturated carbocycles. The third-order valence-electron chi connectivity index (χ3n) is 4.03. The van der Waals surface area contributed by atoms with Gasteiger partial charge in [-0.25, -0.2) is 4.98 Å². The van der Waals surface area contributed by atoms with Gasteiger partial charge >= 0.3 is 0 Å². The lowest BCUT2D eigenvalue weighted by molar-refractivity contribution is -0.385. The molecule has 0 unspecified atom stereocenters. The number of aryl methyl sites for hydroxylation is 3. The molecule has 0 radical (unpaired) electrons. The van der Waals surface area contributed by atoms with Gasteiger partial charge in [0, 0.05) is 24.4 Å². The van der Waals surface area contributed by atoms with Crippen LogP contribution in [-0.2, 0) is 13.6 Å². The van der Waals surface area contributed by atoms with Crippen molar-refractivity contribution in [1.82, 2.24) is 9.55 Å². The van der Waals surface area contributed by atoms with Gasteiger partial charge in [0.05, 0.1) is 22.5 Å². The second-order valence-electron chi connectivity index (χ2n) is 5.64. The third kappa shape index (κ3) is 2.75. The highest BCUT2D eigenvalue weighted by molar-refractivity contribution is 5.79. The molecule has 0 aliphatic heterocycles. The van der Waals surface area contributed by atoms with Crippen LogP contribution in [0.15, 0.2) is 36.4 Å². The van der Waals surface area contributed by atoms with E-state index < -0.39 is 0 Å². The van der Waals surface area contributed by atoms with Crippen molar-refractivity contribution in [2.45, 2.75) is 20.4 Å². The lowest BCUT2D eigenvalue weighted by Crippen LogP contribution is -2.06. The molecule has 0 bridgehead atoms. The summed E-state index contributed by atoms with van der Waals surface area (Å²) in [6.45, 7) is 4.37. The summed E-state index contributed by atoms with van der Waals surface area (Å²) in [5, 5.41) is 14.1. The number of para-hydroxylation sites is 1. The van der Waals surface area contributed by atoms with Crippen LogP contribution in [0.5, 0.6) is 0 Å². The van der Waals surface area contributed by atoms with Gasteiger partial charge in [0.15, 0.2) is 0 Å². The summed E-state index contributed by atoms with van der Waals surface area (Å²) in [5.74, 6) is 0.922. The molecule has 3 rings (SSSR count). The van der Waals surface area contributed by atoms with Crippen molar-refractivity contribution in [3.8, 4) is 0 Å². The van der Waals surface area contributed by atoms with Gasteiger partial charge in [0.25, 0.3) is 5.69 Å². The van der Waals surface area contributed by atoms with Crippen molar-refractivity contribution in [1.29, 1.82) is 0 Å². The summed E-state index contributed by atoms with van der Waals surface area (Å²) in [7, 11) is 2.00. The van der Waals surface area contributed by atoms with E-state index in [4.69, 9.17) is 0 Å². The van der Waals surface area contributed by atoms with Gasteiger partial charge in [-0.05, 0) is 37.6 Å². The van der Waals surface area contributed by atoms with Gasteiger partial charge in [0.1, 0.15) is 5.82 Å². The largest absolute Gasteiger partial charge is 0.378 e. The number of rotatable bonds is 4. The molecule has 0 fully saturated rings. The molecule has 1 aromatic heterocycles. The van der Waals surface area contributed by atoms with Crippen LogP contribution in [0.3, 0.4) is 0 Å². The van der Waals surface area contributed by atoms with Gasteiger partial charge in [0.2, 0.25) is 0 Å². The van der Waals surface area contributed by atoms with E-state index in [0.29, 0.717) is 12.1 Å². The SMILES string of the molecule is Cc1cc(NCc2nc3cccc(C)c3n2C)ccc1[N+](=O)[O-]. The fourth-order valence-electron chi connectivity index (χ4n) is 2.82. The number of fused-ring (bicyclic) bond motifs is 1. The first-order valence-electron chi connectivity index (χ1n) is 7.37. The highest BCUT2D eigenvalue weighted by Crippen LogP contribution is 2.23. The zero-order valence-electron chi connectivity index (χ0n) is 13.3. The van der Waals surface area contributed by atoms with E-state index in [1.54, 1.807) is 19.1 Å². The normalized spacial score (nSPS) is 10.9. The molecule has 0 saturated heterocycles. The van der Waals surface area contributed by atoms with Crippen molar-refractivity contribution >= 4 is 22.4 Å². The summed E-state index contributed by atoms with van der Waals surface area (Å²) in [6.07, 6.45) is 0. The molecule has 2 aromatic carbocycles. The molecule has 0 aliphatic rings. The molecule has 6 nitrogen and oxygen atoms in total. The number of imidazole rings is 1. The molecule has 0 aliphatic carbocycles. The number of nitro groups is 1. The predicted molar refractivity (Wildman–Crippen MR) is 90.6 cm³/mol. The van der Waals surface area contributed by atoms with Crippen molar-refractivity contribution in [2.24, 2.45) is 7.05 Å². The fraction of sp³-hybridized carbons (Fsp3) is 0.235. The monoisotopic (exact) mass is 310 g/mol. The quantitative estimate of drug-likeness (QED) is 0.589. The number of benzene rings is 2. The summed E-state index contributed by atoms with van der Waals surface area (Å²) >= 11 is 0. The molecular formula is C17H18N4O2. The first-order valence-corrected chi connectivity index (χ1v) is 7.37. The van der Waals surface area contributed by atoms with E-state index in [0.717, 1.165) is 22.5 Å². The third-order valence-corrected chi connectivity index (χ3v) is 4.03. The minimum atomic E-state index is -0.368. The Morgan fingerprint density at radius 3 is 2.65 bits per heavy atom. The van der Waals surface area contributed by atoms with Crippen molar-refractivity contribution in [3.63, 3.8) is 0 Å². The molecule has 0 amide bonds. The minimum Gasteiger partial charge on any atom is -0.378 e. The average Bonchev–Trinajstić information content (AvgIpc) is 2.82. The molecule has 3 aromatic rings. The molecule has 1 heterocycles. The van der Waals surface area contributed by atoms with E-state index in [2.05, 4.69) is 27.9 Å². The lowest BCUT2D eigenvalue weighted by Gasteiger charge is -2.08. The highest BCUT2D eigenvalue weighted by atomic mass is 16.6. The second-order valence-corrected chi connectivity index (χ2v) is 5.64. The van der Waals surface area contributed by atoms with Crippen LogP contribution in [0.2, 0.25) is 0 Å². The number of nitrogens with one attached hydrogen (secondary N) is 1. The summed E-state index contributed by atoms with van der Waals surface area (Å²) < 4.78 is 2.08. The zero-order valence-corrected chi connectivity index (χ0v) is 13.3. The maximum atomic E-state index is 10.9. The van der Waals surface area contributed by atoms with Crippen LogP contribution in [0.4, 0.5) is 11.4 Å². The minimum absolute atomic E-state index is 0.133. The maximum absolute atomic E-state index is 10.9. The fourth-order valence-corrected chi connectivity index (χ4v) is 2.82. The van der Waals surface area contributed by atoms with E-state index >= 15 is 0 Å². The highest BCUT2D eigenvalue weighted by Gasteiger charge is 2.12. The van der Waals surface area contributed by atoms with E-state index in [1.165, 1.54) is 11.6 Å². The smallest absolute Gasteiger partial charge is 0.272 e. The molecule has 23 heavy (non-hydrogen) atoms. The van der Waals surface area contributed by atoms with Gasteiger partial charge in [-0.2, -0.15) is 0 Å². The van der Waals surface area contributed by atoms with E-state index in [9.17, 15) is 10.1 Å². The van der Waals surface area contributed by atoms with Crippen molar-refractivity contribution in [3.05, 3.63) is 63.5 Å². The number of nitro benzene ring substituents is 1. The van der Waals surface area contributed by atoms with Crippen LogP contribution >= 0.6 is 0 Å². The number of hydrogen-bond donors (Lipinski definition) is 1. The molecule has 6 heteroatoms. The topological polar surface area (TPSA) is 73.0 Å². The Hall–Kier alpha value is -2.89. The number of aromatic nitrogens is 2. The molecule has 118 valence electrons. The van der Waals surface area contributed by atoms with Crippen LogP contribution in [0.25, 0.3) is 11.0 Å². The summed E-state index contributed by atoms with van der Waals surface area (Å²) in [4.78, 5) is 15.1. The Morgan fingerprint density at radius 1 is 1.22 bits per heavy atom. The predicted octanol–water partition coefficient (Wildman–Crippen LogP) is 3.71. The van der Waals surface area contributed by atoms with Crippen LogP contribution in [0, 0.1) is 24.0 Å². The Labute approximate surface area is 133 Å². The Bertz CT molecular complexity index is 899. The number of nitrogens with zero attached hydrogens (tertiary/aromatic N) is 3. The van der Waals surface area contributed by atoms with E-state index in [-0.39, 0.29) is 10.6 Å². The van der Waals surface area contributed by atoms with E-state index in [1.807, 2.05) is 19.2 Å². The maximum Gasteiger partial charge on any atom is 0.272 e. The first kappa shape index (κ1) is 15.0. The standard InChI is InChI=1S/C17H18N4O2/c1-11-5-4-6-14-17(11)20(3)16(19-14)10-18-13-7-8-15(21(22)23)12(2)9-13/h4-9,18H,10H2,1-3H3. The molecule has 1 N–H and O–H groups in total. The summed E-state index contributed by atoms with van der Waals surface area (Å²) in [5.41, 5.74) is 4.91. The van der Waals surface area contributed by atoms with Gasteiger partial charge in [-0.15, -0.1) is 0 Å². The second kappa shape index (κ2) is 5.72. The van der Waals surface area contributed by atoms with Gasteiger partial charge in [-0.1, -0.05) is 12.1 Å². The Balaban J connectivity index is 1.84. The van der Waals surface area contributed by atoms with Gasteiger partial charge in [-0.3, -0.25) is 10.1 Å². The molecule has 0 spiro atoms. The molecule has 0 atom stereocenters. The van der Waals surface area contributed by atoms with Crippen LogP contribution in [-0.4, -0.2) is 14.5 Å². The lowest BCUT2D eigenvalue weighted by atomic mass is 10.2. The van der Waals surface area contributed by atoms with Crippen LogP contribution in [0.1, 0.15) is 17.0 Å². The first-order chi connectivity index (χ1) is 11.0. The molecular weight excluding hydrogens is 292 g/mol.